The molecule has 0 saturated carbocycles. The lowest BCUT2D eigenvalue weighted by molar-refractivity contribution is 0.201. The lowest BCUT2D eigenvalue weighted by Crippen LogP contribution is -2.19. The maximum absolute atomic E-state index is 9.03. The fourth-order valence-corrected chi connectivity index (χ4v) is 2.81. The molecule has 1 fully saturated rings. The van der Waals surface area contributed by atoms with Gasteiger partial charge >= 0.3 is 0 Å². The van der Waals surface area contributed by atoms with Crippen molar-refractivity contribution < 1.29 is 9.84 Å². The van der Waals surface area contributed by atoms with Crippen LogP contribution in [0.15, 0.2) is 48.5 Å². The number of aliphatic hydroxyl groups excluding tert-OH is 1. The minimum absolute atomic E-state index is 0.0367. The van der Waals surface area contributed by atoms with Gasteiger partial charge in [-0.05, 0) is 36.1 Å². The first-order valence-corrected chi connectivity index (χ1v) is 7.56. The molecule has 2 aromatic rings. The number of nitrogens with zero attached hydrogens (tertiary/aromatic N) is 1. The van der Waals surface area contributed by atoms with Crippen LogP contribution in [-0.2, 0) is 0 Å². The molecule has 1 heterocycles. The molecule has 1 aliphatic heterocycles. The van der Waals surface area contributed by atoms with Gasteiger partial charge in [0.1, 0.15) is 12.4 Å². The van der Waals surface area contributed by atoms with Crippen LogP contribution in [0, 0.1) is 0 Å². The maximum atomic E-state index is 9.03. The number of hydrogen-bond acceptors (Lipinski definition) is 3. The van der Waals surface area contributed by atoms with Gasteiger partial charge in [-0.3, -0.25) is 0 Å². The summed E-state index contributed by atoms with van der Waals surface area (Å²) in [5, 5.41) is 9.03. The summed E-state index contributed by atoms with van der Waals surface area (Å²) in [7, 11) is 0. The van der Waals surface area contributed by atoms with E-state index in [1.165, 1.54) is 18.4 Å². The Balaban J connectivity index is 1.94. The number of aliphatic hydroxyl groups is 1. The van der Waals surface area contributed by atoms with Crippen LogP contribution in [0.2, 0.25) is 0 Å². The average molecular weight is 283 g/mol. The molecule has 0 radical (unpaired) electrons. The van der Waals surface area contributed by atoms with Crippen LogP contribution in [0.3, 0.4) is 0 Å². The summed E-state index contributed by atoms with van der Waals surface area (Å²) in [6.45, 7) is 2.54. The molecule has 0 aromatic heterocycles. The molecule has 1 aliphatic rings. The van der Waals surface area contributed by atoms with E-state index in [1.54, 1.807) is 0 Å². The lowest BCUT2D eigenvalue weighted by atomic mass is 10.0. The number of benzene rings is 2. The van der Waals surface area contributed by atoms with Crippen molar-refractivity contribution >= 4 is 5.69 Å². The minimum atomic E-state index is 0.0367. The fourth-order valence-electron chi connectivity index (χ4n) is 2.81. The third kappa shape index (κ3) is 3.19. The van der Waals surface area contributed by atoms with Crippen LogP contribution >= 0.6 is 0 Å². The molecule has 3 rings (SSSR count). The molecule has 2 aromatic carbocycles. The molecule has 1 N–H and O–H groups in total. The largest absolute Gasteiger partial charge is 0.489 e. The molecule has 3 heteroatoms. The zero-order valence-corrected chi connectivity index (χ0v) is 12.2. The Morgan fingerprint density at radius 2 is 1.71 bits per heavy atom. The molecule has 0 unspecified atom stereocenters. The number of anilines is 1. The molecule has 21 heavy (non-hydrogen) atoms. The van der Waals surface area contributed by atoms with Crippen molar-refractivity contribution in [1.82, 2.24) is 0 Å². The van der Waals surface area contributed by atoms with E-state index >= 15 is 0 Å². The Bertz CT molecular complexity index is 577. The molecular formula is C18H21NO2. The summed E-state index contributed by atoms with van der Waals surface area (Å²) in [6.07, 6.45) is 2.47. The third-order valence-electron chi connectivity index (χ3n) is 3.86. The van der Waals surface area contributed by atoms with Gasteiger partial charge in [-0.2, -0.15) is 0 Å². The SMILES string of the molecule is OCCOc1cc(-c2ccccc2)ccc1N1CCCC1. The zero-order valence-electron chi connectivity index (χ0n) is 12.2. The number of rotatable bonds is 5. The van der Waals surface area contributed by atoms with Crippen molar-refractivity contribution in [3.8, 4) is 16.9 Å². The van der Waals surface area contributed by atoms with Crippen molar-refractivity contribution in [1.29, 1.82) is 0 Å². The van der Waals surface area contributed by atoms with Gasteiger partial charge < -0.3 is 14.7 Å². The number of ether oxygens (including phenoxy) is 1. The Labute approximate surface area is 125 Å². The van der Waals surface area contributed by atoms with Gasteiger partial charge in [0, 0.05) is 13.1 Å². The summed E-state index contributed by atoms with van der Waals surface area (Å²) in [4.78, 5) is 2.36. The molecule has 0 amide bonds. The van der Waals surface area contributed by atoms with Crippen molar-refractivity contribution in [3.05, 3.63) is 48.5 Å². The molecule has 0 aliphatic carbocycles. The zero-order chi connectivity index (χ0) is 14.5. The smallest absolute Gasteiger partial charge is 0.143 e. The summed E-state index contributed by atoms with van der Waals surface area (Å²) >= 11 is 0. The Hall–Kier alpha value is -2.00. The Morgan fingerprint density at radius 3 is 2.43 bits per heavy atom. The van der Waals surface area contributed by atoms with Crippen LogP contribution in [0.5, 0.6) is 5.75 Å². The van der Waals surface area contributed by atoms with Gasteiger partial charge in [-0.1, -0.05) is 36.4 Å². The van der Waals surface area contributed by atoms with Crippen molar-refractivity contribution in [2.45, 2.75) is 12.8 Å². The molecule has 3 nitrogen and oxygen atoms in total. The predicted molar refractivity (Wildman–Crippen MR) is 85.9 cm³/mol. The number of hydrogen-bond donors (Lipinski definition) is 1. The van der Waals surface area contributed by atoms with Gasteiger partial charge in [0.05, 0.1) is 12.3 Å². The van der Waals surface area contributed by atoms with Gasteiger partial charge in [-0.25, -0.2) is 0 Å². The Kier molecular flexibility index (Phi) is 4.41. The average Bonchev–Trinajstić information content (AvgIpc) is 3.08. The Morgan fingerprint density at radius 1 is 0.952 bits per heavy atom. The quantitative estimate of drug-likeness (QED) is 0.913. The minimum Gasteiger partial charge on any atom is -0.489 e. The molecule has 0 bridgehead atoms. The van der Waals surface area contributed by atoms with E-state index in [1.807, 2.05) is 18.2 Å². The highest BCUT2D eigenvalue weighted by Gasteiger charge is 2.17. The summed E-state index contributed by atoms with van der Waals surface area (Å²) < 4.78 is 5.77. The van der Waals surface area contributed by atoms with Crippen LogP contribution in [0.25, 0.3) is 11.1 Å². The van der Waals surface area contributed by atoms with E-state index in [0.717, 1.165) is 30.1 Å². The van der Waals surface area contributed by atoms with Gasteiger partial charge in [0.25, 0.3) is 0 Å². The van der Waals surface area contributed by atoms with E-state index in [2.05, 4.69) is 35.2 Å². The van der Waals surface area contributed by atoms with Crippen LogP contribution in [0.1, 0.15) is 12.8 Å². The van der Waals surface area contributed by atoms with E-state index in [9.17, 15) is 0 Å². The summed E-state index contributed by atoms with van der Waals surface area (Å²) in [6, 6.07) is 16.7. The predicted octanol–water partition coefficient (Wildman–Crippen LogP) is 3.32. The monoisotopic (exact) mass is 283 g/mol. The molecular weight excluding hydrogens is 262 g/mol. The highest BCUT2D eigenvalue weighted by molar-refractivity contribution is 5.71. The molecule has 1 saturated heterocycles. The van der Waals surface area contributed by atoms with Crippen LogP contribution < -0.4 is 9.64 Å². The van der Waals surface area contributed by atoms with Crippen molar-refractivity contribution in [2.75, 3.05) is 31.2 Å². The van der Waals surface area contributed by atoms with Gasteiger partial charge in [0.2, 0.25) is 0 Å². The standard InChI is InChI=1S/C18H21NO2/c20-12-13-21-18-14-16(15-6-2-1-3-7-15)8-9-17(18)19-10-4-5-11-19/h1-3,6-9,14,20H,4-5,10-13H2. The van der Waals surface area contributed by atoms with Crippen molar-refractivity contribution in [2.24, 2.45) is 0 Å². The van der Waals surface area contributed by atoms with Crippen LogP contribution in [-0.4, -0.2) is 31.4 Å². The van der Waals surface area contributed by atoms with Crippen molar-refractivity contribution in [3.63, 3.8) is 0 Å². The molecule has 0 atom stereocenters. The van der Waals surface area contributed by atoms with E-state index in [0.29, 0.717) is 6.61 Å². The first-order chi connectivity index (χ1) is 10.4. The third-order valence-corrected chi connectivity index (χ3v) is 3.86. The summed E-state index contributed by atoms with van der Waals surface area (Å²) in [5.41, 5.74) is 3.46. The fraction of sp³-hybridized carbons (Fsp3) is 0.333. The second-order valence-corrected chi connectivity index (χ2v) is 5.31. The van der Waals surface area contributed by atoms with Gasteiger partial charge in [0.15, 0.2) is 0 Å². The van der Waals surface area contributed by atoms with Crippen LogP contribution in [0.4, 0.5) is 5.69 Å². The normalized spacial score (nSPS) is 14.4. The van der Waals surface area contributed by atoms with E-state index in [4.69, 9.17) is 9.84 Å². The molecule has 110 valence electrons. The second-order valence-electron chi connectivity index (χ2n) is 5.31. The highest BCUT2D eigenvalue weighted by Crippen LogP contribution is 2.35. The highest BCUT2D eigenvalue weighted by atomic mass is 16.5. The lowest BCUT2D eigenvalue weighted by Gasteiger charge is -2.22. The van der Waals surface area contributed by atoms with E-state index < -0.39 is 0 Å². The molecule has 0 spiro atoms. The second kappa shape index (κ2) is 6.64. The summed E-state index contributed by atoms with van der Waals surface area (Å²) in [5.74, 6) is 0.868. The van der Waals surface area contributed by atoms with E-state index in [-0.39, 0.29) is 6.61 Å². The first-order valence-electron chi connectivity index (χ1n) is 7.56. The maximum Gasteiger partial charge on any atom is 0.143 e. The first kappa shape index (κ1) is 14.0. The van der Waals surface area contributed by atoms with Gasteiger partial charge in [-0.15, -0.1) is 0 Å². The topological polar surface area (TPSA) is 32.7 Å².